The van der Waals surface area contributed by atoms with Crippen LogP contribution in [0.3, 0.4) is 0 Å². The molecule has 0 fully saturated rings. The fraction of sp³-hybridized carbons (Fsp3) is 0.368. The summed E-state index contributed by atoms with van der Waals surface area (Å²) in [5, 5.41) is 5.87. The van der Waals surface area contributed by atoms with Gasteiger partial charge in [0.1, 0.15) is 0 Å². The number of aryl methyl sites for hydroxylation is 3. The molecular weight excluding hydrogens is 320 g/mol. The van der Waals surface area contributed by atoms with Crippen LogP contribution in [0.1, 0.15) is 41.0 Å². The van der Waals surface area contributed by atoms with Gasteiger partial charge < -0.3 is 10.6 Å². The smallest absolute Gasteiger partial charge is 0.224 e. The molecule has 0 spiro atoms. The molecule has 126 valence electrons. The Morgan fingerprint density at radius 1 is 1.25 bits per heavy atom. The summed E-state index contributed by atoms with van der Waals surface area (Å²) in [6.45, 7) is 2.10. The van der Waals surface area contributed by atoms with Gasteiger partial charge in [-0.2, -0.15) is 0 Å². The maximum Gasteiger partial charge on any atom is 0.224 e. The molecule has 1 aromatic carbocycles. The van der Waals surface area contributed by atoms with Crippen LogP contribution in [-0.2, 0) is 22.4 Å². The van der Waals surface area contributed by atoms with Crippen LogP contribution < -0.4 is 10.6 Å². The van der Waals surface area contributed by atoms with Crippen LogP contribution >= 0.6 is 11.3 Å². The van der Waals surface area contributed by atoms with Crippen molar-refractivity contribution in [3.63, 3.8) is 0 Å². The van der Waals surface area contributed by atoms with E-state index >= 15 is 0 Å². The maximum absolute atomic E-state index is 12.1. The van der Waals surface area contributed by atoms with Gasteiger partial charge in [0.05, 0.1) is 0 Å². The quantitative estimate of drug-likeness (QED) is 0.851. The Morgan fingerprint density at radius 2 is 2.12 bits per heavy atom. The number of amides is 2. The van der Waals surface area contributed by atoms with E-state index in [2.05, 4.69) is 29.7 Å². The fourth-order valence-corrected chi connectivity index (χ4v) is 3.85. The Balaban J connectivity index is 1.52. The molecule has 0 saturated carbocycles. The van der Waals surface area contributed by atoms with Crippen LogP contribution in [0, 0.1) is 6.92 Å². The molecule has 0 bridgehead atoms. The number of benzene rings is 1. The van der Waals surface area contributed by atoms with Crippen LogP contribution in [0.2, 0.25) is 0 Å². The van der Waals surface area contributed by atoms with Crippen LogP contribution in [-0.4, -0.2) is 11.8 Å². The predicted molar refractivity (Wildman–Crippen MR) is 98.6 cm³/mol. The molecule has 0 aliphatic carbocycles. The van der Waals surface area contributed by atoms with Crippen LogP contribution in [0.5, 0.6) is 0 Å². The van der Waals surface area contributed by atoms with E-state index in [1.54, 1.807) is 11.3 Å². The summed E-state index contributed by atoms with van der Waals surface area (Å²) in [5.41, 5.74) is 2.76. The Labute approximate surface area is 146 Å². The Kier molecular flexibility index (Phi) is 5.30. The van der Waals surface area contributed by atoms with Crippen LogP contribution in [0.15, 0.2) is 30.3 Å². The number of carbonyl (C=O) groups is 2. The number of hydrogen-bond acceptors (Lipinski definition) is 3. The number of fused-ring (bicyclic) bond motifs is 1. The molecule has 0 atom stereocenters. The zero-order chi connectivity index (χ0) is 16.9. The van der Waals surface area contributed by atoms with Crippen molar-refractivity contribution >= 4 is 34.5 Å². The van der Waals surface area contributed by atoms with Crippen molar-refractivity contribution in [3.8, 4) is 0 Å². The lowest BCUT2D eigenvalue weighted by Gasteiger charge is -2.10. The van der Waals surface area contributed by atoms with Crippen molar-refractivity contribution in [3.05, 3.63) is 45.6 Å². The predicted octanol–water partition coefficient (Wildman–Crippen LogP) is 4.29. The van der Waals surface area contributed by atoms with E-state index in [0.29, 0.717) is 12.8 Å². The third-order valence-electron chi connectivity index (χ3n) is 4.14. The van der Waals surface area contributed by atoms with Crippen molar-refractivity contribution in [1.29, 1.82) is 0 Å². The zero-order valence-electron chi connectivity index (χ0n) is 13.9. The van der Waals surface area contributed by atoms with Gasteiger partial charge in [0.15, 0.2) is 0 Å². The molecule has 1 aromatic heterocycles. The van der Waals surface area contributed by atoms with Crippen LogP contribution in [0.25, 0.3) is 0 Å². The first-order valence-corrected chi connectivity index (χ1v) is 9.20. The highest BCUT2D eigenvalue weighted by atomic mass is 32.1. The number of anilines is 2. The molecule has 2 amide bonds. The number of carbonyl (C=O) groups excluding carboxylic acids is 2. The molecule has 2 aromatic rings. The van der Waals surface area contributed by atoms with Crippen molar-refractivity contribution < 1.29 is 9.59 Å². The Morgan fingerprint density at radius 3 is 2.92 bits per heavy atom. The Bertz CT molecular complexity index is 752. The first kappa shape index (κ1) is 16.7. The van der Waals surface area contributed by atoms with E-state index in [1.165, 1.54) is 9.75 Å². The molecule has 5 heteroatoms. The minimum atomic E-state index is 0.0425. The molecule has 24 heavy (non-hydrogen) atoms. The monoisotopic (exact) mass is 342 g/mol. The molecule has 2 heterocycles. The van der Waals surface area contributed by atoms with E-state index in [9.17, 15) is 9.59 Å². The summed E-state index contributed by atoms with van der Waals surface area (Å²) >= 11 is 1.79. The summed E-state index contributed by atoms with van der Waals surface area (Å²) in [7, 11) is 0. The summed E-state index contributed by atoms with van der Waals surface area (Å²) < 4.78 is 0. The molecule has 0 saturated heterocycles. The van der Waals surface area contributed by atoms with Crippen LogP contribution in [0.4, 0.5) is 11.4 Å². The molecule has 4 nitrogen and oxygen atoms in total. The highest BCUT2D eigenvalue weighted by Crippen LogP contribution is 2.25. The summed E-state index contributed by atoms with van der Waals surface area (Å²) in [6.07, 6.45) is 4.57. The van der Waals surface area contributed by atoms with Crippen molar-refractivity contribution in [2.75, 3.05) is 10.6 Å². The first-order valence-electron chi connectivity index (χ1n) is 8.38. The second-order valence-electron chi connectivity index (χ2n) is 6.19. The van der Waals surface area contributed by atoms with Gasteiger partial charge in [0.2, 0.25) is 11.8 Å². The van der Waals surface area contributed by atoms with Crippen molar-refractivity contribution in [2.45, 2.75) is 45.4 Å². The maximum atomic E-state index is 12.1. The number of nitrogens with one attached hydrogen (secondary N) is 2. The van der Waals surface area contributed by atoms with Gasteiger partial charge >= 0.3 is 0 Å². The molecule has 2 N–H and O–H groups in total. The number of hydrogen-bond donors (Lipinski definition) is 2. The average Bonchev–Trinajstić information content (AvgIpc) is 2.85. The highest BCUT2D eigenvalue weighted by molar-refractivity contribution is 7.11. The highest BCUT2D eigenvalue weighted by Gasteiger charge is 2.13. The molecule has 1 aliphatic heterocycles. The summed E-state index contributed by atoms with van der Waals surface area (Å²) in [6, 6.07) is 9.96. The largest absolute Gasteiger partial charge is 0.326 e. The normalized spacial score (nSPS) is 13.8. The van der Waals surface area contributed by atoms with Gasteiger partial charge in [0.25, 0.3) is 0 Å². The lowest BCUT2D eigenvalue weighted by molar-refractivity contribution is -0.117. The first-order chi connectivity index (χ1) is 11.6. The molecule has 1 aliphatic rings. The number of rotatable bonds is 5. The fourth-order valence-electron chi connectivity index (χ4n) is 2.92. The summed E-state index contributed by atoms with van der Waals surface area (Å²) in [4.78, 5) is 26.3. The van der Waals surface area contributed by atoms with Crippen molar-refractivity contribution in [1.82, 2.24) is 0 Å². The SMILES string of the molecule is Cc1ccc(CCCC(=O)Nc2ccc3c(c2)CCCC(=O)N3)s1. The Hall–Kier alpha value is -2.14. The third kappa shape index (κ3) is 4.45. The van der Waals surface area contributed by atoms with E-state index in [-0.39, 0.29) is 11.8 Å². The lowest BCUT2D eigenvalue weighted by Crippen LogP contribution is -2.12. The van der Waals surface area contributed by atoms with Gasteiger partial charge in [-0.1, -0.05) is 0 Å². The van der Waals surface area contributed by atoms with Crippen molar-refractivity contribution in [2.24, 2.45) is 0 Å². The molecule has 0 radical (unpaired) electrons. The molecular formula is C19H22N2O2S. The zero-order valence-corrected chi connectivity index (χ0v) is 14.7. The minimum absolute atomic E-state index is 0.0425. The van der Waals surface area contributed by atoms with E-state index < -0.39 is 0 Å². The van der Waals surface area contributed by atoms with E-state index in [0.717, 1.165) is 42.6 Å². The second-order valence-corrected chi connectivity index (χ2v) is 7.56. The molecule has 0 unspecified atom stereocenters. The number of thiophene rings is 1. The van der Waals surface area contributed by atoms with Gasteiger partial charge in [-0.05, 0) is 68.5 Å². The minimum Gasteiger partial charge on any atom is -0.326 e. The van der Waals surface area contributed by atoms with Gasteiger partial charge in [-0.3, -0.25) is 9.59 Å². The average molecular weight is 342 g/mol. The van der Waals surface area contributed by atoms with Gasteiger partial charge in [0, 0.05) is 34.0 Å². The lowest BCUT2D eigenvalue weighted by atomic mass is 10.1. The second kappa shape index (κ2) is 7.62. The van der Waals surface area contributed by atoms with E-state index in [4.69, 9.17) is 0 Å². The standard InChI is InChI=1S/C19H22N2O2S/c1-13-8-10-16(24-13)5-3-7-18(22)20-15-9-11-17-14(12-15)4-2-6-19(23)21-17/h8-12H,2-7H2,1H3,(H,20,22)(H,21,23). The topological polar surface area (TPSA) is 58.2 Å². The summed E-state index contributed by atoms with van der Waals surface area (Å²) in [5.74, 6) is 0.107. The van der Waals surface area contributed by atoms with Gasteiger partial charge in [-0.25, -0.2) is 0 Å². The molecule has 3 rings (SSSR count). The van der Waals surface area contributed by atoms with E-state index in [1.807, 2.05) is 18.2 Å². The third-order valence-corrected chi connectivity index (χ3v) is 5.20. The van der Waals surface area contributed by atoms with Gasteiger partial charge in [-0.15, -0.1) is 11.3 Å².